The number of carbonyl (C=O) groups is 2. The molecule has 2 fully saturated rings. The van der Waals surface area contributed by atoms with E-state index in [9.17, 15) is 9.59 Å². The molecule has 0 N–H and O–H groups in total. The second-order valence-electron chi connectivity index (χ2n) is 3.83. The fourth-order valence-corrected chi connectivity index (χ4v) is 2.07. The molecule has 72 valence electrons. The molecule has 2 aliphatic rings. The molecular weight excluding hydrogens is 168 g/mol. The van der Waals surface area contributed by atoms with Crippen molar-refractivity contribution in [2.75, 3.05) is 20.1 Å². The number of fused-ring (bicyclic) bond motifs is 1. The van der Waals surface area contributed by atoms with Gasteiger partial charge >= 0.3 is 6.03 Å². The lowest BCUT2D eigenvalue weighted by Crippen LogP contribution is -2.56. The second-order valence-corrected chi connectivity index (χ2v) is 3.83. The summed E-state index contributed by atoms with van der Waals surface area (Å²) in [4.78, 5) is 26.3. The maximum Gasteiger partial charge on any atom is 0.320 e. The highest BCUT2D eigenvalue weighted by atomic mass is 16.2. The third-order valence-corrected chi connectivity index (χ3v) is 2.91. The van der Waals surface area contributed by atoms with Crippen LogP contribution in [0.4, 0.5) is 4.79 Å². The number of piperidine rings is 1. The first-order valence-corrected chi connectivity index (χ1v) is 4.72. The first-order valence-electron chi connectivity index (χ1n) is 4.72. The Morgan fingerprint density at radius 1 is 1.31 bits per heavy atom. The summed E-state index contributed by atoms with van der Waals surface area (Å²) in [7, 11) is 1.81. The van der Waals surface area contributed by atoms with Crippen molar-refractivity contribution in [3.63, 3.8) is 0 Å². The lowest BCUT2D eigenvalue weighted by Gasteiger charge is -2.42. The molecule has 0 unspecified atom stereocenters. The molecule has 2 rings (SSSR count). The van der Waals surface area contributed by atoms with Gasteiger partial charge in [-0.1, -0.05) is 0 Å². The molecule has 2 heterocycles. The zero-order valence-electron chi connectivity index (χ0n) is 7.82. The summed E-state index contributed by atoms with van der Waals surface area (Å²) in [6, 6.07) is 0.272. The molecule has 0 aromatic carbocycles. The minimum atomic E-state index is 0.0868. The average molecular weight is 182 g/mol. The molecule has 2 amide bonds. The SMILES string of the molecule is CN1CC[C@H]2CC(=O)CCN2C1=O. The summed E-state index contributed by atoms with van der Waals surface area (Å²) >= 11 is 0. The Bertz CT molecular complexity index is 252. The van der Waals surface area contributed by atoms with Gasteiger partial charge < -0.3 is 9.80 Å². The van der Waals surface area contributed by atoms with Crippen LogP contribution in [0, 0.1) is 0 Å². The first-order chi connectivity index (χ1) is 6.18. The van der Waals surface area contributed by atoms with Gasteiger partial charge in [0.25, 0.3) is 0 Å². The number of hydrogen-bond donors (Lipinski definition) is 0. The number of hydrogen-bond acceptors (Lipinski definition) is 2. The van der Waals surface area contributed by atoms with Gasteiger partial charge in [-0.05, 0) is 6.42 Å². The molecule has 13 heavy (non-hydrogen) atoms. The number of rotatable bonds is 0. The van der Waals surface area contributed by atoms with E-state index in [4.69, 9.17) is 0 Å². The van der Waals surface area contributed by atoms with Gasteiger partial charge in [0.2, 0.25) is 0 Å². The normalized spacial score (nSPS) is 29.2. The van der Waals surface area contributed by atoms with Crippen molar-refractivity contribution in [2.24, 2.45) is 0 Å². The third-order valence-electron chi connectivity index (χ3n) is 2.91. The quantitative estimate of drug-likeness (QED) is 0.546. The number of Topliss-reactive ketones (excluding diaryl/α,β-unsaturated/α-hetero) is 1. The van der Waals surface area contributed by atoms with E-state index in [0.717, 1.165) is 13.0 Å². The van der Waals surface area contributed by atoms with Crippen LogP contribution in [0.5, 0.6) is 0 Å². The van der Waals surface area contributed by atoms with Crippen LogP contribution in [-0.4, -0.2) is 47.8 Å². The molecular formula is C9H14N2O2. The van der Waals surface area contributed by atoms with Crippen LogP contribution in [-0.2, 0) is 4.79 Å². The predicted molar refractivity (Wildman–Crippen MR) is 47.4 cm³/mol. The van der Waals surface area contributed by atoms with Crippen LogP contribution in [0.3, 0.4) is 0 Å². The standard InChI is InChI=1S/C9H14N2O2/c1-10-4-2-7-6-8(12)3-5-11(7)9(10)13/h7H,2-6H2,1H3/t7-/m0/s1. The molecule has 0 saturated carbocycles. The highest BCUT2D eigenvalue weighted by Crippen LogP contribution is 2.22. The molecule has 4 nitrogen and oxygen atoms in total. The van der Waals surface area contributed by atoms with Crippen molar-refractivity contribution in [1.82, 2.24) is 9.80 Å². The maximum atomic E-state index is 11.6. The Morgan fingerprint density at radius 2 is 2.08 bits per heavy atom. The van der Waals surface area contributed by atoms with E-state index >= 15 is 0 Å². The van der Waals surface area contributed by atoms with Crippen molar-refractivity contribution in [2.45, 2.75) is 25.3 Å². The molecule has 0 radical (unpaired) electrons. The monoisotopic (exact) mass is 182 g/mol. The number of urea groups is 1. The van der Waals surface area contributed by atoms with Crippen molar-refractivity contribution in [3.05, 3.63) is 0 Å². The molecule has 0 spiro atoms. The highest BCUT2D eigenvalue weighted by molar-refractivity contribution is 5.84. The fraction of sp³-hybridized carbons (Fsp3) is 0.778. The topological polar surface area (TPSA) is 40.6 Å². The van der Waals surface area contributed by atoms with Crippen molar-refractivity contribution < 1.29 is 9.59 Å². The van der Waals surface area contributed by atoms with Crippen LogP contribution in [0.25, 0.3) is 0 Å². The lowest BCUT2D eigenvalue weighted by atomic mass is 9.97. The average Bonchev–Trinajstić information content (AvgIpc) is 2.12. The van der Waals surface area contributed by atoms with Gasteiger partial charge in [0, 0.05) is 39.0 Å². The van der Waals surface area contributed by atoms with Gasteiger partial charge in [-0.3, -0.25) is 4.79 Å². The minimum absolute atomic E-state index is 0.0868. The van der Waals surface area contributed by atoms with E-state index in [0.29, 0.717) is 25.2 Å². The molecule has 0 aromatic rings. The Balaban J connectivity index is 2.11. The fourth-order valence-electron chi connectivity index (χ4n) is 2.07. The molecule has 1 atom stereocenters. The number of nitrogens with zero attached hydrogens (tertiary/aromatic N) is 2. The van der Waals surface area contributed by atoms with E-state index in [1.807, 2.05) is 11.9 Å². The molecule has 2 saturated heterocycles. The van der Waals surface area contributed by atoms with Gasteiger partial charge in [0.1, 0.15) is 5.78 Å². The summed E-state index contributed by atoms with van der Waals surface area (Å²) in [5.41, 5.74) is 0. The Hall–Kier alpha value is -1.06. The van der Waals surface area contributed by atoms with Crippen molar-refractivity contribution in [3.8, 4) is 0 Å². The molecule has 0 bridgehead atoms. The van der Waals surface area contributed by atoms with E-state index in [1.165, 1.54) is 0 Å². The van der Waals surface area contributed by atoms with Gasteiger partial charge in [-0.25, -0.2) is 4.79 Å². The smallest absolute Gasteiger partial charge is 0.320 e. The first kappa shape index (κ1) is 8.53. The van der Waals surface area contributed by atoms with Gasteiger partial charge in [0.15, 0.2) is 0 Å². The molecule has 0 aromatic heterocycles. The summed E-state index contributed by atoms with van der Waals surface area (Å²) in [6.45, 7) is 1.40. The zero-order valence-corrected chi connectivity index (χ0v) is 7.82. The largest absolute Gasteiger partial charge is 0.328 e. The number of amides is 2. The van der Waals surface area contributed by atoms with E-state index in [-0.39, 0.29) is 12.1 Å². The summed E-state index contributed by atoms with van der Waals surface area (Å²) < 4.78 is 0. The van der Waals surface area contributed by atoms with Gasteiger partial charge in [0.05, 0.1) is 0 Å². The second kappa shape index (κ2) is 3.01. The third kappa shape index (κ3) is 1.41. The molecule has 2 aliphatic heterocycles. The molecule has 4 heteroatoms. The number of ketones is 1. The Kier molecular flexibility index (Phi) is 1.98. The summed E-state index contributed by atoms with van der Waals surface area (Å²) in [5.74, 6) is 0.304. The van der Waals surface area contributed by atoms with Gasteiger partial charge in [-0.2, -0.15) is 0 Å². The predicted octanol–water partition coefficient (Wildman–Crippen LogP) is 0.475. The zero-order chi connectivity index (χ0) is 9.42. The Morgan fingerprint density at radius 3 is 2.85 bits per heavy atom. The van der Waals surface area contributed by atoms with Crippen LogP contribution in [0.15, 0.2) is 0 Å². The summed E-state index contributed by atoms with van der Waals surface area (Å²) in [5, 5.41) is 0. The lowest BCUT2D eigenvalue weighted by molar-refractivity contribution is -0.122. The van der Waals surface area contributed by atoms with Crippen molar-refractivity contribution >= 4 is 11.8 Å². The van der Waals surface area contributed by atoms with Gasteiger partial charge in [-0.15, -0.1) is 0 Å². The van der Waals surface area contributed by atoms with E-state index in [1.54, 1.807) is 4.90 Å². The van der Waals surface area contributed by atoms with Crippen molar-refractivity contribution in [1.29, 1.82) is 0 Å². The van der Waals surface area contributed by atoms with Crippen LogP contribution in [0.1, 0.15) is 19.3 Å². The van der Waals surface area contributed by atoms with Crippen LogP contribution < -0.4 is 0 Å². The maximum absolute atomic E-state index is 11.6. The van der Waals surface area contributed by atoms with Crippen LogP contribution in [0.2, 0.25) is 0 Å². The number of carbonyl (C=O) groups excluding carboxylic acids is 2. The van der Waals surface area contributed by atoms with Crippen LogP contribution >= 0.6 is 0 Å². The highest BCUT2D eigenvalue weighted by Gasteiger charge is 2.35. The minimum Gasteiger partial charge on any atom is -0.328 e. The summed E-state index contributed by atoms with van der Waals surface area (Å²) in [6.07, 6.45) is 2.05. The Labute approximate surface area is 77.5 Å². The van der Waals surface area contributed by atoms with E-state index < -0.39 is 0 Å². The molecule has 0 aliphatic carbocycles. The van der Waals surface area contributed by atoms with E-state index in [2.05, 4.69) is 0 Å².